The molecule has 7 nitrogen and oxygen atoms in total. The number of esters is 1. The van der Waals surface area contributed by atoms with Gasteiger partial charge in [-0.3, -0.25) is 0 Å². The molecule has 0 atom stereocenters. The number of ether oxygens (including phenoxy) is 3. The minimum absolute atomic E-state index is 0.0100. The molecule has 3 rings (SSSR count). The normalized spacial score (nSPS) is 10.5. The third-order valence-corrected chi connectivity index (χ3v) is 4.19. The number of hydrogen-bond acceptors (Lipinski definition) is 6. The van der Waals surface area contributed by atoms with Gasteiger partial charge in [-0.05, 0) is 43.2 Å². The zero-order valence-corrected chi connectivity index (χ0v) is 17.3. The highest BCUT2D eigenvalue weighted by atomic mass is 16.5. The molecule has 0 aliphatic heterocycles. The summed E-state index contributed by atoms with van der Waals surface area (Å²) in [4.78, 5) is 27.7. The second-order valence-corrected chi connectivity index (χ2v) is 7.04. The quantitative estimate of drug-likeness (QED) is 0.508. The lowest BCUT2D eigenvalue weighted by atomic mass is 10.2. The maximum Gasteiger partial charge on any atom is 0.358 e. The Bertz CT molecular complexity index is 1030. The van der Waals surface area contributed by atoms with Crippen LogP contribution in [0.25, 0.3) is 0 Å². The van der Waals surface area contributed by atoms with E-state index in [1.807, 2.05) is 68.4 Å². The van der Waals surface area contributed by atoms with Crippen molar-refractivity contribution in [1.82, 2.24) is 4.98 Å². The summed E-state index contributed by atoms with van der Waals surface area (Å²) in [6, 6.07) is 17.8. The first-order valence-electron chi connectivity index (χ1n) is 9.75. The third kappa shape index (κ3) is 6.30. The summed E-state index contributed by atoms with van der Waals surface area (Å²) in [7, 11) is 0. The standard InChI is InChI=1S/C24H23NO6/c1-16(2)31-20-10-8-18(9-11-20)14-29-21-12-19(13-25-22(21)23(26)27)24(28)30-15-17-6-4-3-5-7-17/h3-13,16H,14-15H2,1-2H3,(H,26,27). The fourth-order valence-corrected chi connectivity index (χ4v) is 2.73. The van der Waals surface area contributed by atoms with Crippen molar-refractivity contribution in [2.45, 2.75) is 33.2 Å². The molecule has 1 aromatic heterocycles. The molecule has 0 amide bonds. The first kappa shape index (κ1) is 21.8. The zero-order valence-electron chi connectivity index (χ0n) is 17.3. The number of benzene rings is 2. The van der Waals surface area contributed by atoms with Gasteiger partial charge in [0.15, 0.2) is 11.4 Å². The smallest absolute Gasteiger partial charge is 0.358 e. The molecule has 31 heavy (non-hydrogen) atoms. The highest BCUT2D eigenvalue weighted by molar-refractivity contribution is 5.93. The van der Waals surface area contributed by atoms with Crippen LogP contribution in [0.4, 0.5) is 0 Å². The lowest BCUT2D eigenvalue weighted by Gasteiger charge is -2.12. The van der Waals surface area contributed by atoms with Crippen LogP contribution in [0.2, 0.25) is 0 Å². The SMILES string of the molecule is CC(C)Oc1ccc(COc2cc(C(=O)OCc3ccccc3)cnc2C(=O)O)cc1. The van der Waals surface area contributed by atoms with Crippen molar-refractivity contribution >= 4 is 11.9 Å². The minimum atomic E-state index is -1.25. The molecule has 0 fully saturated rings. The van der Waals surface area contributed by atoms with E-state index in [9.17, 15) is 14.7 Å². The molecule has 7 heteroatoms. The van der Waals surface area contributed by atoms with E-state index in [0.29, 0.717) is 0 Å². The predicted molar refractivity (Wildman–Crippen MR) is 113 cm³/mol. The van der Waals surface area contributed by atoms with Crippen LogP contribution in [0.3, 0.4) is 0 Å². The molecule has 0 unspecified atom stereocenters. The second kappa shape index (κ2) is 10.2. The van der Waals surface area contributed by atoms with Crippen LogP contribution < -0.4 is 9.47 Å². The number of rotatable bonds is 9. The van der Waals surface area contributed by atoms with Crippen molar-refractivity contribution in [2.24, 2.45) is 0 Å². The Morgan fingerprint density at radius 3 is 2.29 bits per heavy atom. The van der Waals surface area contributed by atoms with Crippen molar-refractivity contribution in [2.75, 3.05) is 0 Å². The summed E-state index contributed by atoms with van der Waals surface area (Å²) in [6.07, 6.45) is 1.23. The Kier molecular flexibility index (Phi) is 7.22. The minimum Gasteiger partial charge on any atom is -0.491 e. The van der Waals surface area contributed by atoms with Gasteiger partial charge in [-0.2, -0.15) is 0 Å². The second-order valence-electron chi connectivity index (χ2n) is 7.04. The molecule has 0 aliphatic rings. The highest BCUT2D eigenvalue weighted by Crippen LogP contribution is 2.22. The summed E-state index contributed by atoms with van der Waals surface area (Å²) >= 11 is 0. The molecule has 0 aliphatic carbocycles. The third-order valence-electron chi connectivity index (χ3n) is 4.19. The fraction of sp³-hybridized carbons (Fsp3) is 0.208. The molecule has 0 saturated carbocycles. The lowest BCUT2D eigenvalue weighted by Crippen LogP contribution is -2.11. The maximum absolute atomic E-state index is 12.4. The van der Waals surface area contributed by atoms with Crippen molar-refractivity contribution in [3.63, 3.8) is 0 Å². The number of nitrogens with zero attached hydrogens (tertiary/aromatic N) is 1. The number of carboxylic acids is 1. The van der Waals surface area contributed by atoms with Gasteiger partial charge in [0.25, 0.3) is 0 Å². The van der Waals surface area contributed by atoms with E-state index in [-0.39, 0.29) is 36.3 Å². The molecule has 0 saturated heterocycles. The number of aromatic nitrogens is 1. The van der Waals surface area contributed by atoms with Gasteiger partial charge >= 0.3 is 11.9 Å². The molecule has 1 heterocycles. The molecule has 2 aromatic carbocycles. The van der Waals surface area contributed by atoms with Crippen molar-refractivity contribution in [1.29, 1.82) is 0 Å². The molecule has 0 bridgehead atoms. The molecule has 0 spiro atoms. The van der Waals surface area contributed by atoms with E-state index in [2.05, 4.69) is 4.98 Å². The number of carboxylic acid groups (broad SMARTS) is 1. The fourth-order valence-electron chi connectivity index (χ4n) is 2.73. The first-order chi connectivity index (χ1) is 14.9. The molecule has 160 valence electrons. The van der Waals surface area contributed by atoms with E-state index in [1.54, 1.807) is 0 Å². The highest BCUT2D eigenvalue weighted by Gasteiger charge is 2.18. The molecular formula is C24H23NO6. The summed E-state index contributed by atoms with van der Waals surface area (Å²) in [5.74, 6) is -1.15. The molecular weight excluding hydrogens is 398 g/mol. The van der Waals surface area contributed by atoms with Gasteiger partial charge in [0.05, 0.1) is 11.7 Å². The van der Waals surface area contributed by atoms with E-state index in [0.717, 1.165) is 16.9 Å². The molecule has 0 radical (unpaired) electrons. The lowest BCUT2D eigenvalue weighted by molar-refractivity contribution is 0.0470. The van der Waals surface area contributed by atoms with Crippen LogP contribution in [-0.2, 0) is 18.0 Å². The number of carbonyl (C=O) groups excluding carboxylic acids is 1. The number of pyridine rings is 1. The first-order valence-corrected chi connectivity index (χ1v) is 9.75. The van der Waals surface area contributed by atoms with Crippen molar-refractivity contribution in [3.05, 3.63) is 89.2 Å². The van der Waals surface area contributed by atoms with E-state index >= 15 is 0 Å². The average Bonchev–Trinajstić information content (AvgIpc) is 2.77. The predicted octanol–water partition coefficient (Wildman–Crippen LogP) is 4.50. The Balaban J connectivity index is 1.69. The summed E-state index contributed by atoms with van der Waals surface area (Å²) in [5, 5.41) is 9.39. The van der Waals surface area contributed by atoms with E-state index in [1.165, 1.54) is 12.3 Å². The van der Waals surface area contributed by atoms with Crippen LogP contribution in [0, 0.1) is 0 Å². The van der Waals surface area contributed by atoms with Gasteiger partial charge < -0.3 is 19.3 Å². The van der Waals surface area contributed by atoms with Crippen LogP contribution >= 0.6 is 0 Å². The van der Waals surface area contributed by atoms with Gasteiger partial charge in [-0.1, -0.05) is 42.5 Å². The number of carbonyl (C=O) groups is 2. The van der Waals surface area contributed by atoms with E-state index < -0.39 is 11.9 Å². The van der Waals surface area contributed by atoms with Crippen LogP contribution in [0.1, 0.15) is 45.8 Å². The zero-order chi connectivity index (χ0) is 22.2. The van der Waals surface area contributed by atoms with E-state index in [4.69, 9.17) is 14.2 Å². The Morgan fingerprint density at radius 1 is 0.968 bits per heavy atom. The topological polar surface area (TPSA) is 95.0 Å². The largest absolute Gasteiger partial charge is 0.491 e. The molecule has 1 N–H and O–H groups in total. The van der Waals surface area contributed by atoms with Gasteiger partial charge in [0, 0.05) is 6.20 Å². The van der Waals surface area contributed by atoms with Crippen molar-refractivity contribution < 1.29 is 28.9 Å². The summed E-state index contributed by atoms with van der Waals surface area (Å²) in [6.45, 7) is 4.08. The maximum atomic E-state index is 12.4. The summed E-state index contributed by atoms with van der Waals surface area (Å²) in [5.41, 5.74) is 1.48. The average molecular weight is 421 g/mol. The number of hydrogen-bond donors (Lipinski definition) is 1. The van der Waals surface area contributed by atoms with Crippen LogP contribution in [0.5, 0.6) is 11.5 Å². The van der Waals surface area contributed by atoms with Crippen LogP contribution in [0.15, 0.2) is 66.9 Å². The Morgan fingerprint density at radius 2 is 1.65 bits per heavy atom. The van der Waals surface area contributed by atoms with Gasteiger partial charge in [-0.15, -0.1) is 0 Å². The van der Waals surface area contributed by atoms with Gasteiger partial charge in [0.1, 0.15) is 19.0 Å². The monoisotopic (exact) mass is 421 g/mol. The van der Waals surface area contributed by atoms with Crippen LogP contribution in [-0.4, -0.2) is 28.1 Å². The Labute approximate surface area is 180 Å². The number of aromatic carboxylic acids is 1. The Hall–Kier alpha value is -3.87. The molecule has 3 aromatic rings. The van der Waals surface area contributed by atoms with Gasteiger partial charge in [0.2, 0.25) is 0 Å². The van der Waals surface area contributed by atoms with Gasteiger partial charge in [-0.25, -0.2) is 14.6 Å². The summed E-state index contributed by atoms with van der Waals surface area (Å²) < 4.78 is 16.5. The van der Waals surface area contributed by atoms with Crippen molar-refractivity contribution in [3.8, 4) is 11.5 Å².